The molecular formula is C57H53BN2S. The van der Waals surface area contributed by atoms with Gasteiger partial charge in [-0.25, -0.2) is 0 Å². The van der Waals surface area contributed by atoms with Crippen molar-refractivity contribution in [3.63, 3.8) is 0 Å². The van der Waals surface area contributed by atoms with E-state index in [1.165, 1.54) is 120 Å². The fraction of sp³-hybridized carbons (Fsp3) is 0.263. The molecule has 2 nitrogen and oxygen atoms in total. The van der Waals surface area contributed by atoms with Crippen molar-refractivity contribution in [3.05, 3.63) is 149 Å². The lowest BCUT2D eigenvalue weighted by Crippen LogP contribution is -2.60. The van der Waals surface area contributed by atoms with Crippen molar-refractivity contribution in [1.29, 1.82) is 0 Å². The number of anilines is 2. The summed E-state index contributed by atoms with van der Waals surface area (Å²) in [7, 11) is 0. The Bertz CT molecular complexity index is 3390. The van der Waals surface area contributed by atoms with Gasteiger partial charge < -0.3 is 9.38 Å². The number of rotatable bonds is 1. The molecule has 0 saturated heterocycles. The molecule has 0 fully saturated rings. The Hall–Kier alpha value is -5.58. The molecule has 0 bridgehead atoms. The second-order valence-electron chi connectivity index (χ2n) is 21.9. The molecule has 1 aliphatic carbocycles. The van der Waals surface area contributed by atoms with Gasteiger partial charge in [0.25, 0.3) is 0 Å². The molecule has 61 heavy (non-hydrogen) atoms. The van der Waals surface area contributed by atoms with Crippen molar-refractivity contribution in [2.45, 2.75) is 97.8 Å². The molecule has 0 atom stereocenters. The Morgan fingerprint density at radius 3 is 1.89 bits per heavy atom. The minimum absolute atomic E-state index is 0.0154. The van der Waals surface area contributed by atoms with Crippen LogP contribution in [0.3, 0.4) is 0 Å². The van der Waals surface area contributed by atoms with Crippen LogP contribution in [0.5, 0.6) is 0 Å². The number of nitrogens with zero attached hydrogens (tertiary/aromatic N) is 2. The van der Waals surface area contributed by atoms with E-state index in [1.807, 2.05) is 11.3 Å². The topological polar surface area (TPSA) is 8.17 Å². The third kappa shape index (κ3) is 5.03. The van der Waals surface area contributed by atoms with Crippen molar-refractivity contribution < 1.29 is 0 Å². The molecule has 12 rings (SSSR count). The molecule has 300 valence electrons. The van der Waals surface area contributed by atoms with Crippen LogP contribution < -0.4 is 15.7 Å². The molecule has 0 radical (unpaired) electrons. The number of aromatic nitrogens is 1. The number of fused-ring (bicyclic) bond motifs is 14. The number of hydrogen-bond donors (Lipinski definition) is 0. The van der Waals surface area contributed by atoms with Gasteiger partial charge in [0.15, 0.2) is 0 Å². The third-order valence-corrected chi connectivity index (χ3v) is 15.8. The summed E-state index contributed by atoms with van der Waals surface area (Å²) >= 11 is 1.94. The van der Waals surface area contributed by atoms with Gasteiger partial charge in [-0.2, -0.15) is 0 Å². The second-order valence-corrected chi connectivity index (χ2v) is 22.9. The molecule has 0 saturated carbocycles. The van der Waals surface area contributed by atoms with E-state index < -0.39 is 0 Å². The highest BCUT2D eigenvalue weighted by Crippen LogP contribution is 2.53. The minimum atomic E-state index is -0.0802. The highest BCUT2D eigenvalue weighted by atomic mass is 32.1. The highest BCUT2D eigenvalue weighted by molar-refractivity contribution is 7.25. The van der Waals surface area contributed by atoms with E-state index in [9.17, 15) is 0 Å². The Kier molecular flexibility index (Phi) is 7.24. The van der Waals surface area contributed by atoms with Crippen LogP contribution in [0.15, 0.2) is 121 Å². The summed E-state index contributed by atoms with van der Waals surface area (Å²) in [6.07, 6.45) is 0. The zero-order valence-electron chi connectivity index (χ0n) is 37.4. The number of hydrogen-bond acceptors (Lipinski definition) is 2. The van der Waals surface area contributed by atoms with E-state index in [2.05, 4.69) is 207 Å². The molecule has 3 aliphatic rings. The average molecular weight is 809 g/mol. The van der Waals surface area contributed by atoms with Gasteiger partial charge in [0, 0.05) is 59.0 Å². The predicted molar refractivity (Wildman–Crippen MR) is 266 cm³/mol. The van der Waals surface area contributed by atoms with Crippen molar-refractivity contribution in [2.75, 3.05) is 4.81 Å². The van der Waals surface area contributed by atoms with Crippen LogP contribution in [0, 0.1) is 0 Å². The first kappa shape index (κ1) is 37.2. The van der Waals surface area contributed by atoms with Crippen LogP contribution in [0.2, 0.25) is 0 Å². The van der Waals surface area contributed by atoms with Gasteiger partial charge in [0.2, 0.25) is 0 Å². The summed E-state index contributed by atoms with van der Waals surface area (Å²) in [5.74, 6) is 0. The third-order valence-electron chi connectivity index (χ3n) is 14.6. The standard InChI is InChI=1S/C57H53BN2S/c1-54(2,3)32-16-20-35(21-17-32)60-49-30-43-37-22-18-34(56(7,8)9)27-50(37)61-51(43)31-42(49)38-23-24-39-41-28-45-40(36-14-12-13-15-44(36)57(45,10)11)29-48(41)59-47-25-19-33(55(4,5)6)26-46(47)58(60)52(38)53(39)59/h12-31H,1-11H3. The lowest BCUT2D eigenvalue weighted by Gasteiger charge is -2.42. The van der Waals surface area contributed by atoms with Gasteiger partial charge in [0.1, 0.15) is 0 Å². The lowest BCUT2D eigenvalue weighted by atomic mass is 9.43. The first-order valence-electron chi connectivity index (χ1n) is 22.2. The Morgan fingerprint density at radius 1 is 0.492 bits per heavy atom. The lowest BCUT2D eigenvalue weighted by molar-refractivity contribution is 0.590. The normalized spacial score (nSPS) is 15.2. The zero-order chi connectivity index (χ0) is 42.3. The van der Waals surface area contributed by atoms with Crippen LogP contribution in [-0.4, -0.2) is 11.4 Å². The van der Waals surface area contributed by atoms with Crippen LogP contribution >= 0.6 is 11.3 Å². The average Bonchev–Trinajstić information content (AvgIpc) is 3.82. The van der Waals surface area contributed by atoms with E-state index in [4.69, 9.17) is 0 Å². The zero-order valence-corrected chi connectivity index (χ0v) is 38.2. The van der Waals surface area contributed by atoms with Gasteiger partial charge in [-0.3, -0.25) is 0 Å². The molecule has 0 unspecified atom stereocenters. The van der Waals surface area contributed by atoms with E-state index in [0.29, 0.717) is 0 Å². The van der Waals surface area contributed by atoms with E-state index in [-0.39, 0.29) is 28.5 Å². The molecule has 2 aromatic heterocycles. The van der Waals surface area contributed by atoms with Gasteiger partial charge in [0.05, 0.1) is 11.0 Å². The SMILES string of the molecule is CC(C)(C)c1ccc(N2B3c4cc(C(C)(C)C)ccc4-n4c5cc6c(cc5c5ccc(c3c54)-c3cc4sc5cc(C(C)(C)C)ccc5c4cc32)C(C)(C)c2ccccc2-6)cc1. The summed E-state index contributed by atoms with van der Waals surface area (Å²) in [6, 6.07) is 48.2. The van der Waals surface area contributed by atoms with Gasteiger partial charge >= 0.3 is 6.85 Å². The first-order chi connectivity index (χ1) is 28.9. The fourth-order valence-corrected chi connectivity index (χ4v) is 12.4. The summed E-state index contributed by atoms with van der Waals surface area (Å²) in [4.78, 5) is 2.71. The van der Waals surface area contributed by atoms with Gasteiger partial charge in [-0.05, 0) is 120 Å². The summed E-state index contributed by atoms with van der Waals surface area (Å²) < 4.78 is 5.35. The molecule has 0 amide bonds. The molecule has 0 N–H and O–H groups in total. The van der Waals surface area contributed by atoms with Crippen molar-refractivity contribution in [3.8, 4) is 27.9 Å². The predicted octanol–water partition coefficient (Wildman–Crippen LogP) is 14.6. The molecule has 4 heteroatoms. The summed E-state index contributed by atoms with van der Waals surface area (Å²) in [5.41, 5.74) is 21.6. The fourth-order valence-electron chi connectivity index (χ4n) is 11.2. The number of benzene rings is 7. The van der Waals surface area contributed by atoms with E-state index in [0.717, 1.165) is 0 Å². The molecule has 9 aromatic rings. The number of thiophene rings is 1. The summed E-state index contributed by atoms with van der Waals surface area (Å²) in [5, 5.41) is 5.36. The Balaban J connectivity index is 1.22. The van der Waals surface area contributed by atoms with Crippen LogP contribution in [0.25, 0.3) is 69.9 Å². The van der Waals surface area contributed by atoms with Gasteiger partial charge in [-0.15, -0.1) is 11.3 Å². The maximum absolute atomic E-state index is 2.71. The second kappa shape index (κ2) is 11.9. The molecule has 4 heterocycles. The van der Waals surface area contributed by atoms with Gasteiger partial charge in [-0.1, -0.05) is 149 Å². The van der Waals surface area contributed by atoms with E-state index in [1.54, 1.807) is 0 Å². The Labute approximate surface area is 365 Å². The summed E-state index contributed by atoms with van der Waals surface area (Å²) in [6.45, 7) is 25.7. The first-order valence-corrected chi connectivity index (χ1v) is 23.0. The molecule has 0 spiro atoms. The Morgan fingerprint density at radius 2 is 1.15 bits per heavy atom. The van der Waals surface area contributed by atoms with Crippen LogP contribution in [-0.2, 0) is 21.7 Å². The highest BCUT2D eigenvalue weighted by Gasteiger charge is 2.45. The molecular weight excluding hydrogens is 756 g/mol. The smallest absolute Gasteiger partial charge is 0.333 e. The molecule has 7 aromatic carbocycles. The molecule has 2 aliphatic heterocycles. The largest absolute Gasteiger partial charge is 0.376 e. The maximum Gasteiger partial charge on any atom is 0.333 e. The van der Waals surface area contributed by atoms with E-state index >= 15 is 0 Å². The minimum Gasteiger partial charge on any atom is -0.376 e. The van der Waals surface area contributed by atoms with Crippen molar-refractivity contribution in [2.24, 2.45) is 0 Å². The quantitative estimate of drug-likeness (QED) is 0.150. The van der Waals surface area contributed by atoms with Crippen molar-refractivity contribution >= 4 is 82.5 Å². The maximum atomic E-state index is 2.71. The monoisotopic (exact) mass is 808 g/mol. The van der Waals surface area contributed by atoms with Crippen molar-refractivity contribution in [1.82, 2.24) is 4.57 Å². The van der Waals surface area contributed by atoms with Crippen LogP contribution in [0.4, 0.5) is 11.4 Å². The van der Waals surface area contributed by atoms with Crippen LogP contribution in [0.1, 0.15) is 104 Å².